The first kappa shape index (κ1) is 7.56. The van der Waals surface area contributed by atoms with Crippen LogP contribution < -0.4 is 0 Å². The normalized spacial score (nSPS) is 36.0. The van der Waals surface area contributed by atoms with Gasteiger partial charge in [0.2, 0.25) is 0 Å². The van der Waals surface area contributed by atoms with E-state index >= 15 is 0 Å². The Morgan fingerprint density at radius 1 is 1.45 bits per heavy atom. The molecule has 1 aliphatic carbocycles. The molecule has 2 rings (SSSR count). The van der Waals surface area contributed by atoms with E-state index < -0.39 is 0 Å². The van der Waals surface area contributed by atoms with Gasteiger partial charge in [-0.25, -0.2) is 0 Å². The summed E-state index contributed by atoms with van der Waals surface area (Å²) < 4.78 is 5.56. The van der Waals surface area contributed by atoms with Gasteiger partial charge in [-0.15, -0.1) is 0 Å². The molecule has 1 saturated heterocycles. The molecule has 1 saturated carbocycles. The van der Waals surface area contributed by atoms with Crippen LogP contribution in [0.2, 0.25) is 0 Å². The first-order valence-corrected chi connectivity index (χ1v) is 4.54. The highest BCUT2D eigenvalue weighted by molar-refractivity contribution is 5.06. The molecule has 0 spiro atoms. The number of hydrogen-bond acceptors (Lipinski definition) is 2. The topological polar surface area (TPSA) is 12.5 Å². The van der Waals surface area contributed by atoms with E-state index in [9.17, 15) is 0 Å². The summed E-state index contributed by atoms with van der Waals surface area (Å²) in [6, 6.07) is 0.715. The maximum Gasteiger partial charge on any atom is 0.0835 e. The largest absolute Gasteiger partial charge is 0.377 e. The quantitative estimate of drug-likeness (QED) is 0.595. The predicted molar refractivity (Wildman–Crippen MR) is 44.6 cm³/mol. The van der Waals surface area contributed by atoms with Crippen molar-refractivity contribution in [2.75, 3.05) is 20.7 Å². The van der Waals surface area contributed by atoms with Gasteiger partial charge >= 0.3 is 0 Å². The summed E-state index contributed by atoms with van der Waals surface area (Å²) in [7, 11) is 4.08. The Morgan fingerprint density at radius 2 is 2.18 bits per heavy atom. The van der Waals surface area contributed by atoms with Gasteiger partial charge in [0.05, 0.1) is 5.60 Å². The molecule has 64 valence electrons. The molecular weight excluding hydrogens is 138 g/mol. The number of methoxy groups -OCH3 is 1. The Bertz CT molecular complexity index is 154. The van der Waals surface area contributed by atoms with E-state index in [1.54, 1.807) is 0 Å². The van der Waals surface area contributed by atoms with Crippen molar-refractivity contribution >= 4 is 0 Å². The molecule has 0 aromatic carbocycles. The third-order valence-electron chi connectivity index (χ3n) is 3.28. The van der Waals surface area contributed by atoms with Crippen LogP contribution in [0.15, 0.2) is 0 Å². The molecule has 1 atom stereocenters. The van der Waals surface area contributed by atoms with E-state index in [2.05, 4.69) is 11.9 Å². The summed E-state index contributed by atoms with van der Waals surface area (Å²) in [5.74, 6) is 0. The molecule has 0 aromatic heterocycles. The maximum atomic E-state index is 5.56. The number of nitrogens with zero attached hydrogens (tertiary/aromatic N) is 1. The molecule has 0 bridgehead atoms. The Labute approximate surface area is 68.5 Å². The van der Waals surface area contributed by atoms with Gasteiger partial charge in [0, 0.05) is 13.2 Å². The van der Waals surface area contributed by atoms with Crippen LogP contribution in [0.5, 0.6) is 0 Å². The maximum absolute atomic E-state index is 5.56. The molecule has 2 heteroatoms. The van der Waals surface area contributed by atoms with Gasteiger partial charge in [-0.3, -0.25) is 0 Å². The van der Waals surface area contributed by atoms with Gasteiger partial charge in [0.15, 0.2) is 0 Å². The van der Waals surface area contributed by atoms with Crippen molar-refractivity contribution in [3.8, 4) is 0 Å². The van der Waals surface area contributed by atoms with Crippen LogP contribution in [-0.2, 0) is 4.74 Å². The smallest absolute Gasteiger partial charge is 0.0835 e. The predicted octanol–water partition coefficient (Wildman–Crippen LogP) is 1.26. The Hall–Kier alpha value is -0.0800. The van der Waals surface area contributed by atoms with Crippen molar-refractivity contribution in [3.05, 3.63) is 0 Å². The van der Waals surface area contributed by atoms with Gasteiger partial charge in [-0.2, -0.15) is 0 Å². The molecule has 2 aliphatic rings. The van der Waals surface area contributed by atoms with Crippen LogP contribution in [0.25, 0.3) is 0 Å². The van der Waals surface area contributed by atoms with Crippen LogP contribution >= 0.6 is 0 Å². The SMILES string of the molecule is COC1(C2CCCN2C)CC1. The lowest BCUT2D eigenvalue weighted by Crippen LogP contribution is -2.39. The van der Waals surface area contributed by atoms with Gasteiger partial charge < -0.3 is 9.64 Å². The van der Waals surface area contributed by atoms with E-state index in [0.717, 1.165) is 0 Å². The highest BCUT2D eigenvalue weighted by Crippen LogP contribution is 2.46. The summed E-state index contributed by atoms with van der Waals surface area (Å²) in [6.07, 6.45) is 5.24. The second-order valence-electron chi connectivity index (χ2n) is 3.91. The van der Waals surface area contributed by atoms with Gasteiger partial charge in [-0.05, 0) is 39.3 Å². The summed E-state index contributed by atoms with van der Waals surface area (Å²) in [6.45, 7) is 1.26. The molecule has 1 unspecified atom stereocenters. The lowest BCUT2D eigenvalue weighted by atomic mass is 10.1. The highest BCUT2D eigenvalue weighted by Gasteiger charge is 2.52. The molecular formula is C9H17NO. The summed E-state index contributed by atoms with van der Waals surface area (Å²) >= 11 is 0. The number of ether oxygens (including phenoxy) is 1. The monoisotopic (exact) mass is 155 g/mol. The lowest BCUT2D eigenvalue weighted by molar-refractivity contribution is 0.0177. The van der Waals surface area contributed by atoms with E-state index in [1.165, 1.54) is 32.2 Å². The fraction of sp³-hybridized carbons (Fsp3) is 1.00. The average molecular weight is 155 g/mol. The fourth-order valence-corrected chi connectivity index (χ4v) is 2.37. The van der Waals surface area contributed by atoms with Crippen LogP contribution in [-0.4, -0.2) is 37.2 Å². The zero-order valence-electron chi connectivity index (χ0n) is 7.47. The van der Waals surface area contributed by atoms with Crippen LogP contribution in [0, 0.1) is 0 Å². The molecule has 0 aromatic rings. The van der Waals surface area contributed by atoms with Crippen LogP contribution in [0.3, 0.4) is 0 Å². The third-order valence-corrected chi connectivity index (χ3v) is 3.28. The minimum absolute atomic E-state index is 0.269. The van der Waals surface area contributed by atoms with Crippen molar-refractivity contribution < 1.29 is 4.74 Å². The number of likely N-dealkylation sites (N-methyl/N-ethyl adjacent to an activating group) is 1. The summed E-state index contributed by atoms with van der Waals surface area (Å²) in [5, 5.41) is 0. The second-order valence-corrected chi connectivity index (χ2v) is 3.91. The highest BCUT2D eigenvalue weighted by atomic mass is 16.5. The zero-order valence-corrected chi connectivity index (χ0v) is 7.47. The molecule has 1 heterocycles. The van der Waals surface area contributed by atoms with Gasteiger partial charge in [0.25, 0.3) is 0 Å². The Kier molecular flexibility index (Phi) is 1.69. The number of rotatable bonds is 2. The molecule has 1 aliphatic heterocycles. The van der Waals surface area contributed by atoms with Crippen molar-refractivity contribution in [2.45, 2.75) is 37.3 Å². The second kappa shape index (κ2) is 2.46. The minimum atomic E-state index is 0.269. The standard InChI is InChI=1S/C9H17NO/c1-10-7-3-4-8(10)9(11-2)5-6-9/h8H,3-7H2,1-2H3. The third kappa shape index (κ3) is 1.09. The Morgan fingerprint density at radius 3 is 2.55 bits per heavy atom. The van der Waals surface area contributed by atoms with Crippen LogP contribution in [0.4, 0.5) is 0 Å². The fourth-order valence-electron chi connectivity index (χ4n) is 2.37. The average Bonchev–Trinajstić information content (AvgIpc) is 2.70. The van der Waals surface area contributed by atoms with E-state index in [4.69, 9.17) is 4.74 Å². The first-order chi connectivity index (χ1) is 5.28. The van der Waals surface area contributed by atoms with E-state index in [-0.39, 0.29) is 5.60 Å². The van der Waals surface area contributed by atoms with Gasteiger partial charge in [-0.1, -0.05) is 0 Å². The zero-order chi connectivity index (χ0) is 7.90. The van der Waals surface area contributed by atoms with Gasteiger partial charge in [0.1, 0.15) is 0 Å². The van der Waals surface area contributed by atoms with E-state index in [1.807, 2.05) is 7.11 Å². The summed E-state index contributed by atoms with van der Waals surface area (Å²) in [4.78, 5) is 2.45. The minimum Gasteiger partial charge on any atom is -0.377 e. The first-order valence-electron chi connectivity index (χ1n) is 4.54. The molecule has 11 heavy (non-hydrogen) atoms. The molecule has 0 radical (unpaired) electrons. The van der Waals surface area contributed by atoms with E-state index in [0.29, 0.717) is 6.04 Å². The van der Waals surface area contributed by atoms with Crippen LogP contribution in [0.1, 0.15) is 25.7 Å². The molecule has 2 nitrogen and oxygen atoms in total. The molecule has 2 fully saturated rings. The van der Waals surface area contributed by atoms with Crippen molar-refractivity contribution in [1.29, 1.82) is 0 Å². The van der Waals surface area contributed by atoms with Crippen molar-refractivity contribution in [1.82, 2.24) is 4.90 Å². The molecule has 0 amide bonds. The van der Waals surface area contributed by atoms with Crippen molar-refractivity contribution in [3.63, 3.8) is 0 Å². The Balaban J connectivity index is 2.03. The lowest BCUT2D eigenvalue weighted by Gasteiger charge is -2.27. The number of likely N-dealkylation sites (tertiary alicyclic amines) is 1. The summed E-state index contributed by atoms with van der Waals surface area (Å²) in [5.41, 5.74) is 0.269. The van der Waals surface area contributed by atoms with Crippen molar-refractivity contribution in [2.24, 2.45) is 0 Å². The molecule has 0 N–H and O–H groups in total. The number of hydrogen-bond donors (Lipinski definition) is 0.